The van der Waals surface area contributed by atoms with Crippen LogP contribution in [0, 0.1) is 5.41 Å². The summed E-state index contributed by atoms with van der Waals surface area (Å²) >= 11 is 0. The molecule has 0 fully saturated rings. The molecule has 0 aliphatic carbocycles. The van der Waals surface area contributed by atoms with Crippen molar-refractivity contribution >= 4 is 0 Å². The van der Waals surface area contributed by atoms with Crippen molar-refractivity contribution < 1.29 is 20.4 Å². The minimum atomic E-state index is 0.105. The number of allylic oxidation sites excluding steroid dienone is 1. The van der Waals surface area contributed by atoms with Gasteiger partial charge in [-0.15, -0.1) is 0 Å². The normalized spacial score (nSPS) is 12.0. The molecular formula is C14H30O4. The van der Waals surface area contributed by atoms with Crippen LogP contribution in [0.2, 0.25) is 0 Å². The van der Waals surface area contributed by atoms with Crippen LogP contribution in [0.15, 0.2) is 11.8 Å². The zero-order valence-electron chi connectivity index (χ0n) is 12.0. The number of rotatable bonds is 7. The molecule has 0 bridgehead atoms. The van der Waals surface area contributed by atoms with E-state index in [-0.39, 0.29) is 25.2 Å². The molecule has 0 rings (SSSR count). The van der Waals surface area contributed by atoms with E-state index in [1.165, 1.54) is 0 Å². The van der Waals surface area contributed by atoms with Gasteiger partial charge in [-0.25, -0.2) is 0 Å². The molecule has 0 aromatic heterocycles. The van der Waals surface area contributed by atoms with E-state index in [0.717, 1.165) is 19.3 Å². The lowest BCUT2D eigenvalue weighted by atomic mass is 9.91. The quantitative estimate of drug-likeness (QED) is 0.419. The summed E-state index contributed by atoms with van der Waals surface area (Å²) in [5.41, 5.74) is 0.121. The maximum Gasteiger partial charge on any atom is 0.0888 e. The largest absolute Gasteiger partial charge is 0.513 e. The van der Waals surface area contributed by atoms with E-state index in [9.17, 15) is 5.11 Å². The Morgan fingerprint density at radius 1 is 0.889 bits per heavy atom. The van der Waals surface area contributed by atoms with E-state index < -0.39 is 0 Å². The highest BCUT2D eigenvalue weighted by Gasteiger charge is 2.11. The zero-order valence-corrected chi connectivity index (χ0v) is 12.0. The summed E-state index contributed by atoms with van der Waals surface area (Å²) in [6.07, 6.45) is 5.47. The number of unbranched alkanes of at least 4 members (excludes halogenated alkanes) is 2. The van der Waals surface area contributed by atoms with Crippen LogP contribution in [0.4, 0.5) is 0 Å². The van der Waals surface area contributed by atoms with Crippen LogP contribution in [-0.4, -0.2) is 40.2 Å². The zero-order chi connectivity index (χ0) is 14.4. The lowest BCUT2D eigenvalue weighted by molar-refractivity contribution is 0.257. The molecule has 0 saturated heterocycles. The maximum absolute atomic E-state index is 9.27. The fourth-order valence-electron chi connectivity index (χ4n) is 1.25. The van der Waals surface area contributed by atoms with Crippen molar-refractivity contribution in [2.45, 2.75) is 52.9 Å². The van der Waals surface area contributed by atoms with Crippen LogP contribution in [0.25, 0.3) is 0 Å². The molecule has 4 nitrogen and oxygen atoms in total. The van der Waals surface area contributed by atoms with E-state index in [4.69, 9.17) is 15.3 Å². The maximum atomic E-state index is 9.27. The summed E-state index contributed by atoms with van der Waals surface area (Å²) in [4.78, 5) is 0. The summed E-state index contributed by atoms with van der Waals surface area (Å²) in [6.45, 7) is 6.80. The van der Waals surface area contributed by atoms with Crippen LogP contribution >= 0.6 is 0 Å². The molecule has 0 spiro atoms. The summed E-state index contributed by atoms with van der Waals surface area (Å²) in [5, 5.41) is 34.1. The van der Waals surface area contributed by atoms with Gasteiger partial charge in [0, 0.05) is 26.2 Å². The summed E-state index contributed by atoms with van der Waals surface area (Å²) < 4.78 is 0. The average molecular weight is 262 g/mol. The smallest absolute Gasteiger partial charge is 0.0888 e. The van der Waals surface area contributed by atoms with Gasteiger partial charge in [0.2, 0.25) is 0 Å². The molecule has 18 heavy (non-hydrogen) atoms. The average Bonchev–Trinajstić information content (AvgIpc) is 2.26. The van der Waals surface area contributed by atoms with Gasteiger partial charge in [0.15, 0.2) is 0 Å². The third-order valence-corrected chi connectivity index (χ3v) is 2.04. The number of aliphatic hydroxyl groups is 4. The Kier molecular flexibility index (Phi) is 14.1. The van der Waals surface area contributed by atoms with E-state index in [1.807, 2.05) is 0 Å². The fourth-order valence-corrected chi connectivity index (χ4v) is 1.25. The molecule has 110 valence electrons. The molecule has 0 saturated carbocycles. The van der Waals surface area contributed by atoms with Gasteiger partial charge in [0.05, 0.1) is 5.76 Å². The van der Waals surface area contributed by atoms with Crippen LogP contribution < -0.4 is 0 Å². The molecule has 0 amide bonds. The molecule has 0 atom stereocenters. The van der Waals surface area contributed by atoms with Gasteiger partial charge >= 0.3 is 0 Å². The predicted octanol–water partition coefficient (Wildman–Crippen LogP) is 2.39. The van der Waals surface area contributed by atoms with Gasteiger partial charge in [-0.2, -0.15) is 0 Å². The Morgan fingerprint density at radius 3 is 1.72 bits per heavy atom. The van der Waals surface area contributed by atoms with Crippen molar-refractivity contribution in [2.75, 3.05) is 19.8 Å². The first kappa shape index (κ1) is 19.8. The second-order valence-corrected chi connectivity index (χ2v) is 5.45. The van der Waals surface area contributed by atoms with Crippen molar-refractivity contribution in [2.24, 2.45) is 5.41 Å². The first-order valence-electron chi connectivity index (χ1n) is 6.58. The lowest BCUT2D eigenvalue weighted by Gasteiger charge is -2.16. The topological polar surface area (TPSA) is 80.9 Å². The van der Waals surface area contributed by atoms with Gasteiger partial charge in [0.25, 0.3) is 0 Å². The van der Waals surface area contributed by atoms with E-state index in [0.29, 0.717) is 18.6 Å². The monoisotopic (exact) mass is 262 g/mol. The highest BCUT2D eigenvalue weighted by atomic mass is 16.3. The van der Waals surface area contributed by atoms with E-state index >= 15 is 0 Å². The number of hydrogen-bond acceptors (Lipinski definition) is 4. The van der Waals surface area contributed by atoms with E-state index in [1.54, 1.807) is 6.08 Å². The lowest BCUT2D eigenvalue weighted by Crippen LogP contribution is -2.06. The standard InChI is InChI=1S/C9H18O2.C5H12O2/c1-9(2,3)7-8(11)5-4-6-10;6-4-2-1-3-5-7/h5,10-11H,4,6-7H2,1-3H3;6-7H,1-5H2. The highest BCUT2D eigenvalue weighted by molar-refractivity contribution is 4.93. The van der Waals surface area contributed by atoms with Crippen molar-refractivity contribution in [3.05, 3.63) is 11.8 Å². The van der Waals surface area contributed by atoms with Gasteiger partial charge in [-0.3, -0.25) is 0 Å². The van der Waals surface area contributed by atoms with Crippen molar-refractivity contribution in [3.63, 3.8) is 0 Å². The molecular weight excluding hydrogens is 232 g/mol. The van der Waals surface area contributed by atoms with Crippen LogP contribution in [0.1, 0.15) is 52.9 Å². The molecule has 0 aliphatic rings. The van der Waals surface area contributed by atoms with Crippen LogP contribution in [-0.2, 0) is 0 Å². The van der Waals surface area contributed by atoms with Gasteiger partial charge in [-0.05, 0) is 37.2 Å². The SMILES string of the molecule is CC(C)(C)CC(O)=CCCO.OCCCCCO. The molecule has 0 aliphatic heterocycles. The van der Waals surface area contributed by atoms with E-state index in [2.05, 4.69) is 20.8 Å². The van der Waals surface area contributed by atoms with Gasteiger partial charge < -0.3 is 20.4 Å². The molecule has 4 heteroatoms. The summed E-state index contributed by atoms with van der Waals surface area (Å²) in [7, 11) is 0. The second kappa shape index (κ2) is 12.9. The third-order valence-electron chi connectivity index (χ3n) is 2.04. The second-order valence-electron chi connectivity index (χ2n) is 5.45. The van der Waals surface area contributed by atoms with Crippen molar-refractivity contribution in [3.8, 4) is 0 Å². The van der Waals surface area contributed by atoms with Gasteiger partial charge in [0.1, 0.15) is 0 Å². The summed E-state index contributed by atoms with van der Waals surface area (Å²) in [5.74, 6) is 0.381. The minimum absolute atomic E-state index is 0.105. The molecule has 0 radical (unpaired) electrons. The molecule has 0 aromatic carbocycles. The third kappa shape index (κ3) is 20.8. The molecule has 0 heterocycles. The number of aliphatic hydroxyl groups excluding tert-OH is 4. The first-order valence-corrected chi connectivity index (χ1v) is 6.58. The Morgan fingerprint density at radius 2 is 1.39 bits per heavy atom. The highest BCUT2D eigenvalue weighted by Crippen LogP contribution is 2.22. The molecule has 4 N–H and O–H groups in total. The first-order chi connectivity index (χ1) is 8.37. The van der Waals surface area contributed by atoms with Crippen molar-refractivity contribution in [1.82, 2.24) is 0 Å². The fraction of sp³-hybridized carbons (Fsp3) is 0.857. The Bertz CT molecular complexity index is 190. The molecule has 0 aromatic rings. The van der Waals surface area contributed by atoms with Crippen molar-refractivity contribution in [1.29, 1.82) is 0 Å². The Balaban J connectivity index is 0. The molecule has 0 unspecified atom stereocenters. The van der Waals surface area contributed by atoms with Crippen LogP contribution in [0.3, 0.4) is 0 Å². The summed E-state index contributed by atoms with van der Waals surface area (Å²) in [6, 6.07) is 0. The predicted molar refractivity (Wildman–Crippen MR) is 74.5 cm³/mol. The minimum Gasteiger partial charge on any atom is -0.513 e. The van der Waals surface area contributed by atoms with Crippen LogP contribution in [0.5, 0.6) is 0 Å². The Labute approximate surface area is 111 Å². The van der Waals surface area contributed by atoms with Gasteiger partial charge in [-0.1, -0.05) is 20.8 Å². The Hall–Kier alpha value is -0.580. The number of hydrogen-bond donors (Lipinski definition) is 4.